The van der Waals surface area contributed by atoms with Crippen molar-refractivity contribution < 1.29 is 19.1 Å². The van der Waals surface area contributed by atoms with Gasteiger partial charge in [0.1, 0.15) is 6.54 Å². The molecule has 1 aliphatic heterocycles. The quantitative estimate of drug-likeness (QED) is 0.302. The number of ether oxygens (including phenoxy) is 2. The molecule has 4 aromatic rings. The third-order valence-electron chi connectivity index (χ3n) is 5.96. The number of rotatable bonds is 8. The van der Waals surface area contributed by atoms with Crippen LogP contribution >= 0.6 is 0 Å². The van der Waals surface area contributed by atoms with Gasteiger partial charge in [0.05, 0.1) is 10.9 Å². The molecular weight excluding hydrogens is 492 g/mol. The minimum Gasteiger partial charge on any atom is -0.454 e. The molecule has 0 spiro atoms. The third-order valence-corrected chi connectivity index (χ3v) is 5.96. The largest absolute Gasteiger partial charge is 0.454 e. The van der Waals surface area contributed by atoms with Crippen molar-refractivity contribution in [3.05, 3.63) is 92.8 Å². The van der Waals surface area contributed by atoms with Crippen molar-refractivity contribution in [1.29, 1.82) is 0 Å². The van der Waals surface area contributed by atoms with E-state index in [1.165, 1.54) is 24.3 Å². The number of hydrogen-bond donors (Lipinski definition) is 3. The summed E-state index contributed by atoms with van der Waals surface area (Å²) in [4.78, 5) is 52.0. The summed E-state index contributed by atoms with van der Waals surface area (Å²) in [6, 6.07) is 11.4. The van der Waals surface area contributed by atoms with Gasteiger partial charge < -0.3 is 20.1 Å². The predicted octanol–water partition coefficient (Wildman–Crippen LogP) is 1.68. The fourth-order valence-corrected chi connectivity index (χ4v) is 4.14. The highest BCUT2D eigenvalue weighted by molar-refractivity contribution is 5.98. The van der Waals surface area contributed by atoms with Crippen molar-refractivity contribution in [3.63, 3.8) is 0 Å². The molecule has 2 aromatic heterocycles. The molecule has 2 aromatic carbocycles. The maximum absolute atomic E-state index is 13.2. The second kappa shape index (κ2) is 10.1. The Morgan fingerprint density at radius 3 is 2.68 bits per heavy atom. The zero-order valence-corrected chi connectivity index (χ0v) is 20.4. The highest BCUT2D eigenvalue weighted by Gasteiger charge is 2.18. The van der Waals surface area contributed by atoms with Crippen LogP contribution in [0.5, 0.6) is 11.5 Å². The number of aromatic amines is 1. The first kappa shape index (κ1) is 24.6. The van der Waals surface area contributed by atoms with Crippen LogP contribution < -0.4 is 31.4 Å². The fraction of sp³-hybridized carbons (Fsp3) is 0.192. The van der Waals surface area contributed by atoms with Crippen LogP contribution in [0.15, 0.2) is 64.7 Å². The summed E-state index contributed by atoms with van der Waals surface area (Å²) in [7, 11) is 0. The van der Waals surface area contributed by atoms with Gasteiger partial charge in [-0.15, -0.1) is 6.58 Å². The van der Waals surface area contributed by atoms with Gasteiger partial charge in [0.2, 0.25) is 12.7 Å². The molecule has 0 aliphatic carbocycles. The number of allylic oxidation sites excluding steroid dienone is 1. The van der Waals surface area contributed by atoms with Gasteiger partial charge in [-0.3, -0.25) is 28.6 Å². The maximum Gasteiger partial charge on any atom is 0.332 e. The van der Waals surface area contributed by atoms with Gasteiger partial charge in [0.25, 0.3) is 11.5 Å². The zero-order valence-electron chi connectivity index (χ0n) is 20.4. The zero-order chi connectivity index (χ0) is 26.8. The number of fused-ring (bicyclic) bond motifs is 2. The van der Waals surface area contributed by atoms with Crippen LogP contribution in [0.4, 0.5) is 5.82 Å². The predicted molar refractivity (Wildman–Crippen MR) is 138 cm³/mol. The SMILES string of the molecule is C=CCn1c(=O)c2ccc(C(=O)NCc3ccc4c(c3)OCO4)cc2n(CC(=O)Nc2cc(C)[nH]n2)c1=O. The van der Waals surface area contributed by atoms with E-state index >= 15 is 0 Å². The van der Waals surface area contributed by atoms with Gasteiger partial charge in [0, 0.05) is 30.4 Å². The Morgan fingerprint density at radius 2 is 1.92 bits per heavy atom. The molecule has 0 bridgehead atoms. The number of anilines is 1. The summed E-state index contributed by atoms with van der Waals surface area (Å²) in [6.45, 7) is 5.31. The standard InChI is InChI=1S/C26H24N6O6/c1-3-8-31-25(35)18-6-5-17(24(34)27-12-16-4-7-20-21(10-16)38-14-37-20)11-19(18)32(26(31)36)13-23(33)28-22-9-15(2)29-30-22/h3-7,9-11H,1,8,12-14H2,2H3,(H,27,34)(H2,28,29,30,33). The minimum atomic E-state index is -0.700. The molecule has 1 aliphatic rings. The lowest BCUT2D eigenvalue weighted by Gasteiger charge is -2.14. The second-order valence-electron chi connectivity index (χ2n) is 8.66. The molecule has 0 radical (unpaired) electrons. The van der Waals surface area contributed by atoms with Gasteiger partial charge in [-0.2, -0.15) is 5.10 Å². The Hall–Kier alpha value is -5.13. The van der Waals surface area contributed by atoms with Gasteiger partial charge in [-0.25, -0.2) is 4.79 Å². The summed E-state index contributed by atoms with van der Waals surface area (Å²) in [5, 5.41) is 12.3. The van der Waals surface area contributed by atoms with E-state index in [1.807, 2.05) is 6.07 Å². The van der Waals surface area contributed by atoms with E-state index in [0.717, 1.165) is 20.4 Å². The molecule has 38 heavy (non-hydrogen) atoms. The number of aryl methyl sites for hydroxylation is 1. The number of carbonyl (C=O) groups excluding carboxylic acids is 2. The first-order valence-corrected chi connectivity index (χ1v) is 11.7. The Bertz CT molecular complexity index is 1700. The molecule has 0 atom stereocenters. The van der Waals surface area contributed by atoms with Crippen molar-refractivity contribution in [2.24, 2.45) is 0 Å². The van der Waals surface area contributed by atoms with Crippen LogP contribution in [0.1, 0.15) is 21.6 Å². The number of nitrogens with zero attached hydrogens (tertiary/aromatic N) is 3. The normalized spacial score (nSPS) is 11.9. The molecule has 5 rings (SSSR count). The van der Waals surface area contributed by atoms with E-state index < -0.39 is 29.6 Å². The average molecular weight is 517 g/mol. The summed E-state index contributed by atoms with van der Waals surface area (Å²) in [6.07, 6.45) is 1.42. The molecule has 2 amide bonds. The highest BCUT2D eigenvalue weighted by Crippen LogP contribution is 2.32. The van der Waals surface area contributed by atoms with E-state index in [1.54, 1.807) is 25.1 Å². The van der Waals surface area contributed by atoms with Crippen LogP contribution in [0.25, 0.3) is 10.9 Å². The first-order valence-electron chi connectivity index (χ1n) is 11.7. The van der Waals surface area contributed by atoms with Crippen molar-refractivity contribution in [1.82, 2.24) is 24.6 Å². The van der Waals surface area contributed by atoms with Crippen LogP contribution in [0.2, 0.25) is 0 Å². The Balaban J connectivity index is 1.45. The Labute approximate surface area is 215 Å². The third kappa shape index (κ3) is 4.78. The number of aromatic nitrogens is 4. The number of benzene rings is 2. The van der Waals surface area contributed by atoms with Gasteiger partial charge in [-0.05, 0) is 42.8 Å². The number of carbonyl (C=O) groups is 2. The molecule has 0 unspecified atom stereocenters. The molecule has 12 heteroatoms. The first-order chi connectivity index (χ1) is 18.3. The van der Waals surface area contributed by atoms with E-state index in [2.05, 4.69) is 27.4 Å². The lowest BCUT2D eigenvalue weighted by molar-refractivity contribution is -0.116. The monoisotopic (exact) mass is 516 g/mol. The Kier molecular flexibility index (Phi) is 6.52. The summed E-state index contributed by atoms with van der Waals surface area (Å²) in [5.41, 5.74) is 0.683. The highest BCUT2D eigenvalue weighted by atomic mass is 16.7. The van der Waals surface area contributed by atoms with Crippen LogP contribution in [0.3, 0.4) is 0 Å². The van der Waals surface area contributed by atoms with E-state index in [-0.39, 0.29) is 36.3 Å². The number of H-pyrrole nitrogens is 1. The summed E-state index contributed by atoms with van der Waals surface area (Å²) in [5.74, 6) is 0.594. The summed E-state index contributed by atoms with van der Waals surface area (Å²) < 4.78 is 12.8. The van der Waals surface area contributed by atoms with Gasteiger partial charge in [-0.1, -0.05) is 12.1 Å². The average Bonchev–Trinajstić information content (AvgIpc) is 3.55. The van der Waals surface area contributed by atoms with Gasteiger partial charge >= 0.3 is 5.69 Å². The van der Waals surface area contributed by atoms with Crippen molar-refractivity contribution in [2.45, 2.75) is 26.6 Å². The lowest BCUT2D eigenvalue weighted by Crippen LogP contribution is -2.41. The molecule has 3 N–H and O–H groups in total. The molecular formula is C26H24N6O6. The molecule has 12 nitrogen and oxygen atoms in total. The van der Waals surface area contributed by atoms with Crippen molar-refractivity contribution in [2.75, 3.05) is 12.1 Å². The van der Waals surface area contributed by atoms with Crippen LogP contribution in [-0.2, 0) is 24.4 Å². The lowest BCUT2D eigenvalue weighted by atomic mass is 10.1. The van der Waals surface area contributed by atoms with Crippen molar-refractivity contribution >= 4 is 28.5 Å². The topological polar surface area (TPSA) is 149 Å². The molecule has 194 valence electrons. The molecule has 0 saturated carbocycles. The fourth-order valence-electron chi connectivity index (χ4n) is 4.14. The van der Waals surface area contributed by atoms with Gasteiger partial charge in [0.15, 0.2) is 17.3 Å². The van der Waals surface area contributed by atoms with E-state index in [9.17, 15) is 19.2 Å². The molecule has 0 fully saturated rings. The number of amides is 2. The maximum atomic E-state index is 13.2. The molecule has 3 heterocycles. The van der Waals surface area contributed by atoms with Crippen molar-refractivity contribution in [3.8, 4) is 11.5 Å². The minimum absolute atomic E-state index is 0.0362. The van der Waals surface area contributed by atoms with Crippen LogP contribution in [0, 0.1) is 6.92 Å². The molecule has 0 saturated heterocycles. The van der Waals surface area contributed by atoms with Crippen LogP contribution in [-0.4, -0.2) is 37.9 Å². The number of hydrogen-bond acceptors (Lipinski definition) is 7. The van der Waals surface area contributed by atoms with E-state index in [4.69, 9.17) is 9.47 Å². The second-order valence-corrected chi connectivity index (χ2v) is 8.66. The number of nitrogens with one attached hydrogen (secondary N) is 3. The summed E-state index contributed by atoms with van der Waals surface area (Å²) >= 11 is 0. The van der Waals surface area contributed by atoms with E-state index in [0.29, 0.717) is 17.3 Å². The Morgan fingerprint density at radius 1 is 1.11 bits per heavy atom. The smallest absolute Gasteiger partial charge is 0.332 e.